The number of benzene rings is 2. The van der Waals surface area contributed by atoms with Gasteiger partial charge < -0.3 is 9.80 Å². The molecule has 4 aliphatic rings. The highest BCUT2D eigenvalue weighted by atomic mass is 79.9. The smallest absolute Gasteiger partial charge is 0.308 e. The van der Waals surface area contributed by atoms with Crippen molar-refractivity contribution < 1.29 is 16.8 Å². The lowest BCUT2D eigenvalue weighted by Crippen LogP contribution is -2.43. The van der Waals surface area contributed by atoms with E-state index in [1.54, 1.807) is 21.8 Å². The summed E-state index contributed by atoms with van der Waals surface area (Å²) in [6.45, 7) is 6.58. The van der Waals surface area contributed by atoms with Gasteiger partial charge in [-0.25, -0.2) is 27.9 Å². The van der Waals surface area contributed by atoms with E-state index < -0.39 is 20.4 Å². The minimum absolute atomic E-state index is 0.289. The molecule has 4 bridgehead atoms. The Hall–Kier alpha value is -4.90. The van der Waals surface area contributed by atoms with Crippen LogP contribution in [-0.2, 0) is 34.5 Å². The summed E-state index contributed by atoms with van der Waals surface area (Å²) in [6.07, 6.45) is 15.8. The number of piperidine rings is 2. The molecule has 6 atom stereocenters. The molecule has 0 saturated carbocycles. The summed E-state index contributed by atoms with van der Waals surface area (Å²) in [6, 6.07) is 9.10. The summed E-state index contributed by atoms with van der Waals surface area (Å²) >= 11 is 17.4. The second-order valence-electron chi connectivity index (χ2n) is 20.6. The van der Waals surface area contributed by atoms with E-state index in [1.165, 1.54) is 44.7 Å². The first-order valence-electron chi connectivity index (χ1n) is 24.3. The Balaban J connectivity index is 0.000000156. The first-order valence-corrected chi connectivity index (χ1v) is 28.6. The quantitative estimate of drug-likeness (QED) is 0.141. The molecule has 10 heterocycles. The lowest BCUT2D eigenvalue weighted by Gasteiger charge is -2.39. The lowest BCUT2D eigenvalue weighted by atomic mass is 9.92. The third-order valence-electron chi connectivity index (χ3n) is 15.2. The van der Waals surface area contributed by atoms with Crippen LogP contribution in [0.5, 0.6) is 0 Å². The molecule has 380 valence electrons. The summed E-state index contributed by atoms with van der Waals surface area (Å²) < 4.78 is 62.5. The van der Waals surface area contributed by atoms with E-state index in [9.17, 15) is 16.8 Å². The van der Waals surface area contributed by atoms with E-state index >= 15 is 0 Å². The van der Waals surface area contributed by atoms with Crippen molar-refractivity contribution in [2.75, 3.05) is 38.0 Å². The monoisotopic (exact) mass is 1120 g/mol. The van der Waals surface area contributed by atoms with Crippen LogP contribution in [-0.4, -0.2) is 125 Å². The van der Waals surface area contributed by atoms with Gasteiger partial charge in [0.15, 0.2) is 22.9 Å². The molecule has 0 radical (unpaired) electrons. The Labute approximate surface area is 437 Å². The van der Waals surface area contributed by atoms with E-state index in [-0.39, 0.29) is 5.65 Å². The molecule has 4 aliphatic heterocycles. The standard InChI is InChI=1S/C25H30ClN7O2S.C24H27BrClN7O2S/c1-14-10-16-6-7-17(11-14)33(16)24-15(2)27-23-19(13-32(25(23)28-24)36(34,35)30(3)4)18-8-9-21-20(22(18)26)12-31(5)29-21;1-13-9-14-5-6-15(10-13)33(14)24-22(25)27-21-17(12-32(23(21)28-24)36(34,35)30(2)3)16-7-8-19-18(20(16)26)11-31(4)29-19/h8-9,12-14,16-17H,6-7,10-11H2,1-5H3;7-8,11-15H,5-6,9-10H2,1-4H3/t14?,16-,17+;13?,14-,15+. The third kappa shape index (κ3) is 7.98. The minimum atomic E-state index is -3.87. The first-order chi connectivity index (χ1) is 34.1. The fourth-order valence-corrected chi connectivity index (χ4v) is 14.9. The van der Waals surface area contributed by atoms with Crippen LogP contribution < -0.4 is 9.80 Å². The second-order valence-corrected chi connectivity index (χ2v) is 26.2. The van der Waals surface area contributed by atoms with Crippen LogP contribution in [0.4, 0.5) is 11.6 Å². The highest BCUT2D eigenvalue weighted by molar-refractivity contribution is 9.10. The van der Waals surface area contributed by atoms with Crippen molar-refractivity contribution in [3.05, 3.63) is 69.4 Å². The van der Waals surface area contributed by atoms with Crippen molar-refractivity contribution in [3.63, 3.8) is 0 Å². The number of hydrogen-bond donors (Lipinski definition) is 0. The maximum Gasteiger partial charge on any atom is 0.308 e. The highest BCUT2D eigenvalue weighted by Crippen LogP contribution is 2.47. The van der Waals surface area contributed by atoms with Crippen molar-refractivity contribution in [1.29, 1.82) is 0 Å². The van der Waals surface area contributed by atoms with Gasteiger partial charge in [-0.2, -0.15) is 35.6 Å². The number of fused-ring (bicyclic) bond motifs is 8. The zero-order valence-electron chi connectivity index (χ0n) is 41.6. The number of aryl methyl sites for hydroxylation is 3. The normalized spacial score (nSPS) is 22.4. The van der Waals surface area contributed by atoms with Gasteiger partial charge in [-0.3, -0.25) is 9.36 Å². The number of halogens is 3. The molecule has 4 saturated heterocycles. The Morgan fingerprint density at radius 3 is 1.38 bits per heavy atom. The lowest BCUT2D eigenvalue weighted by molar-refractivity contribution is 0.361. The van der Waals surface area contributed by atoms with Crippen LogP contribution in [0.1, 0.15) is 70.9 Å². The molecule has 4 fully saturated rings. The molecule has 6 aromatic heterocycles. The minimum Gasteiger partial charge on any atom is -0.349 e. The maximum absolute atomic E-state index is 13.4. The number of nitrogens with zero attached hydrogens (tertiary/aromatic N) is 14. The predicted molar refractivity (Wildman–Crippen MR) is 288 cm³/mol. The number of hydrogen-bond acceptors (Lipinski definition) is 12. The van der Waals surface area contributed by atoms with Crippen molar-refractivity contribution >= 4 is 115 Å². The third-order valence-corrected chi connectivity index (χ3v) is 19.9. The summed E-state index contributed by atoms with van der Waals surface area (Å²) in [4.78, 5) is 24.6. The second kappa shape index (κ2) is 17.9. The molecule has 0 amide bonds. The highest BCUT2D eigenvalue weighted by Gasteiger charge is 2.43. The first kappa shape index (κ1) is 49.3. The van der Waals surface area contributed by atoms with Crippen LogP contribution in [0.2, 0.25) is 10.0 Å². The molecule has 2 unspecified atom stereocenters. The molecule has 0 aliphatic carbocycles. The molecule has 0 spiro atoms. The van der Waals surface area contributed by atoms with E-state index in [1.807, 2.05) is 57.7 Å². The van der Waals surface area contributed by atoms with Crippen LogP contribution >= 0.6 is 39.1 Å². The van der Waals surface area contributed by atoms with Crippen LogP contribution in [0.25, 0.3) is 66.4 Å². The van der Waals surface area contributed by atoms with Crippen LogP contribution in [0.3, 0.4) is 0 Å². The van der Waals surface area contributed by atoms with Gasteiger partial charge in [-0.05, 0) is 98.2 Å². The molecule has 72 heavy (non-hydrogen) atoms. The fourth-order valence-electron chi connectivity index (χ4n) is 11.9. The topological polar surface area (TPSA) is 178 Å². The van der Waals surface area contributed by atoms with Gasteiger partial charge in [-0.15, -0.1) is 0 Å². The Bertz CT molecular complexity index is 3470. The molecular weight excluding hydrogens is 1060 g/mol. The Kier molecular flexibility index (Phi) is 12.3. The average Bonchev–Trinajstić information content (AvgIpc) is 4.16. The van der Waals surface area contributed by atoms with Gasteiger partial charge in [-0.1, -0.05) is 49.2 Å². The van der Waals surface area contributed by atoms with Gasteiger partial charge in [0, 0.05) is 124 Å². The summed E-state index contributed by atoms with van der Waals surface area (Å²) in [5.74, 6) is 2.85. The number of aromatic nitrogens is 10. The van der Waals surface area contributed by atoms with E-state index in [0.717, 1.165) is 84.7 Å². The van der Waals surface area contributed by atoms with Gasteiger partial charge in [0.25, 0.3) is 0 Å². The molecular formula is C49H57BrCl2N14O4S2. The van der Waals surface area contributed by atoms with Gasteiger partial charge >= 0.3 is 20.4 Å². The zero-order chi connectivity index (χ0) is 51.0. The van der Waals surface area contributed by atoms with E-state index in [0.29, 0.717) is 95.4 Å². The molecule has 8 aromatic rings. The van der Waals surface area contributed by atoms with Crippen LogP contribution in [0.15, 0.2) is 53.7 Å². The summed E-state index contributed by atoms with van der Waals surface area (Å²) in [5, 5.41) is 11.4. The molecule has 23 heteroatoms. The predicted octanol–water partition coefficient (Wildman–Crippen LogP) is 9.19. The number of anilines is 2. The molecule has 18 nitrogen and oxygen atoms in total. The molecule has 0 N–H and O–H groups in total. The summed E-state index contributed by atoms with van der Waals surface area (Å²) in [7, 11) is 2.01. The van der Waals surface area contributed by atoms with E-state index in [4.69, 9.17) is 43.1 Å². The maximum atomic E-state index is 13.4. The Morgan fingerprint density at radius 1 is 0.569 bits per heavy atom. The Morgan fingerprint density at radius 2 is 0.958 bits per heavy atom. The van der Waals surface area contributed by atoms with Gasteiger partial charge in [0.05, 0.1) is 26.8 Å². The molecule has 12 rings (SSSR count). The van der Waals surface area contributed by atoms with Crippen molar-refractivity contribution in [2.24, 2.45) is 25.9 Å². The zero-order valence-corrected chi connectivity index (χ0v) is 46.3. The van der Waals surface area contributed by atoms with Crippen molar-refractivity contribution in [3.8, 4) is 22.3 Å². The van der Waals surface area contributed by atoms with Gasteiger partial charge in [0.1, 0.15) is 15.6 Å². The number of rotatable bonds is 8. The average molecular weight is 1120 g/mol. The van der Waals surface area contributed by atoms with Crippen molar-refractivity contribution in [2.45, 2.75) is 96.3 Å². The van der Waals surface area contributed by atoms with Gasteiger partial charge in [0.2, 0.25) is 0 Å². The van der Waals surface area contributed by atoms with E-state index in [2.05, 4.69) is 49.8 Å². The molecule has 2 aromatic carbocycles. The van der Waals surface area contributed by atoms with Crippen molar-refractivity contribution in [1.82, 2.24) is 56.1 Å². The largest absolute Gasteiger partial charge is 0.349 e. The SMILES string of the molecule is CC1C[C@H]2CC[C@@H](C1)N2c1nc2c(nc1Br)c(-c1ccc3nn(C)cc3c1Cl)cn2S(=O)(=O)N(C)C.Cc1nc2c(-c3ccc4nn(C)cc4c3Cl)cn(S(=O)(=O)N(C)C)c2nc1N1[C@@H]2CC[C@H]1CC(C)C2. The fraction of sp³-hybridized carbons (Fsp3) is 0.469. The van der Waals surface area contributed by atoms with Crippen LogP contribution in [0, 0.1) is 18.8 Å². The summed E-state index contributed by atoms with van der Waals surface area (Å²) in [5.41, 5.74) is 6.54.